The summed E-state index contributed by atoms with van der Waals surface area (Å²) in [4.78, 5) is 37.5. The molecule has 10 heteroatoms. The van der Waals surface area contributed by atoms with Gasteiger partial charge in [-0.2, -0.15) is 0 Å². The lowest BCUT2D eigenvalue weighted by atomic mass is 9.95. The molecule has 0 bridgehead atoms. The minimum absolute atomic E-state index is 0.0491. The Balaban J connectivity index is 1.86. The number of carbonyl (C=O) groups excluding carboxylic acids is 2. The smallest absolute Gasteiger partial charge is 0.295 e. The molecule has 1 atom stereocenters. The Labute approximate surface area is 169 Å². The van der Waals surface area contributed by atoms with E-state index in [1.807, 2.05) is 0 Å². The molecule has 0 radical (unpaired) electrons. The van der Waals surface area contributed by atoms with Crippen molar-refractivity contribution in [2.75, 3.05) is 4.90 Å². The number of benzene rings is 1. The van der Waals surface area contributed by atoms with E-state index >= 15 is 0 Å². The number of aliphatic hydroxyl groups excluding tert-OH is 1. The van der Waals surface area contributed by atoms with Gasteiger partial charge in [0.25, 0.3) is 11.6 Å². The number of nitro benzene ring substituents is 1. The number of Topliss-reactive ketones (excluding diaryl/α,β-unsaturated/α-hetero) is 1. The maximum Gasteiger partial charge on any atom is 0.295 e. The van der Waals surface area contributed by atoms with Crippen molar-refractivity contribution in [2.45, 2.75) is 19.9 Å². The van der Waals surface area contributed by atoms with Crippen LogP contribution in [0.15, 0.2) is 62.7 Å². The van der Waals surface area contributed by atoms with Crippen molar-refractivity contribution in [2.24, 2.45) is 0 Å². The molecular formula is C20H15N3O7. The fourth-order valence-corrected chi connectivity index (χ4v) is 3.32. The Kier molecular flexibility index (Phi) is 4.46. The number of amides is 1. The van der Waals surface area contributed by atoms with Gasteiger partial charge in [0, 0.05) is 18.2 Å². The lowest BCUT2D eigenvalue weighted by Crippen LogP contribution is -2.31. The Morgan fingerprint density at radius 3 is 2.40 bits per heavy atom. The number of non-ortho nitro benzene ring substituents is 1. The van der Waals surface area contributed by atoms with Crippen LogP contribution in [0.5, 0.6) is 0 Å². The highest BCUT2D eigenvalue weighted by Crippen LogP contribution is 2.42. The zero-order chi connectivity index (χ0) is 21.6. The van der Waals surface area contributed by atoms with Crippen LogP contribution in [0.2, 0.25) is 0 Å². The quantitative estimate of drug-likeness (QED) is 0.383. The van der Waals surface area contributed by atoms with Crippen LogP contribution < -0.4 is 4.90 Å². The third-order valence-electron chi connectivity index (χ3n) is 4.70. The first-order valence-electron chi connectivity index (χ1n) is 8.83. The number of hydrogen-bond acceptors (Lipinski definition) is 8. The van der Waals surface area contributed by atoms with Crippen molar-refractivity contribution in [3.63, 3.8) is 0 Å². The van der Waals surface area contributed by atoms with Crippen molar-refractivity contribution in [1.82, 2.24) is 5.16 Å². The van der Waals surface area contributed by atoms with Gasteiger partial charge in [-0.15, -0.1) is 0 Å². The zero-order valence-corrected chi connectivity index (χ0v) is 15.9. The van der Waals surface area contributed by atoms with Crippen LogP contribution in [0.1, 0.15) is 33.7 Å². The van der Waals surface area contributed by atoms with E-state index in [1.54, 1.807) is 19.9 Å². The molecule has 1 amide bonds. The minimum atomic E-state index is -1.08. The summed E-state index contributed by atoms with van der Waals surface area (Å²) in [6, 6.07) is 8.75. The first-order chi connectivity index (χ1) is 14.3. The molecule has 4 rings (SSSR count). The summed E-state index contributed by atoms with van der Waals surface area (Å²) in [5.41, 5.74) is -0.0104. The van der Waals surface area contributed by atoms with Gasteiger partial charge >= 0.3 is 0 Å². The lowest BCUT2D eigenvalue weighted by molar-refractivity contribution is -0.384. The summed E-state index contributed by atoms with van der Waals surface area (Å²) in [5, 5.41) is 25.4. The summed E-state index contributed by atoms with van der Waals surface area (Å²) in [6.45, 7) is 3.28. The highest BCUT2D eigenvalue weighted by atomic mass is 16.6. The number of aryl methyl sites for hydroxylation is 2. The molecule has 1 aliphatic rings. The standard InChI is InChI=1S/C20H15N3O7/c1-10-3-8-14(29-10)18(24)16-17(12-4-6-13(7-5-12)23(27)28)22(20(26)19(16)25)15-9-11(2)30-21-15/h3-9,17,25H,1-2H3/t17-/m0/s1. The summed E-state index contributed by atoms with van der Waals surface area (Å²) >= 11 is 0. The van der Waals surface area contributed by atoms with Gasteiger partial charge in [-0.3, -0.25) is 24.6 Å². The summed E-state index contributed by atoms with van der Waals surface area (Å²) in [6.07, 6.45) is 0. The highest BCUT2D eigenvalue weighted by molar-refractivity contribution is 6.19. The van der Waals surface area contributed by atoms with Crippen LogP contribution in [0.4, 0.5) is 11.5 Å². The van der Waals surface area contributed by atoms with E-state index in [2.05, 4.69) is 5.16 Å². The molecule has 10 nitrogen and oxygen atoms in total. The Morgan fingerprint density at radius 1 is 1.17 bits per heavy atom. The van der Waals surface area contributed by atoms with Gasteiger partial charge in [0.1, 0.15) is 11.5 Å². The predicted molar refractivity (Wildman–Crippen MR) is 102 cm³/mol. The molecule has 1 N–H and O–H groups in total. The van der Waals surface area contributed by atoms with Gasteiger partial charge in [-0.25, -0.2) is 0 Å². The normalized spacial score (nSPS) is 16.4. The number of hydrogen-bond donors (Lipinski definition) is 1. The van der Waals surface area contributed by atoms with Gasteiger partial charge in [0.05, 0.1) is 16.5 Å². The zero-order valence-electron chi connectivity index (χ0n) is 15.9. The SMILES string of the molecule is Cc1cc(N2C(=O)C(O)=C(C(=O)c3ccc(C)o3)[C@@H]2c2ccc([N+](=O)[O-])cc2)no1. The number of aromatic nitrogens is 1. The molecular weight excluding hydrogens is 394 g/mol. The van der Waals surface area contributed by atoms with Crippen molar-refractivity contribution < 1.29 is 28.6 Å². The molecule has 3 heterocycles. The summed E-state index contributed by atoms with van der Waals surface area (Å²) in [5.74, 6) is -1.34. The van der Waals surface area contributed by atoms with E-state index in [9.17, 15) is 24.8 Å². The molecule has 0 spiro atoms. The molecule has 152 valence electrons. The molecule has 1 aromatic carbocycles. The number of nitrogens with zero attached hydrogens (tertiary/aromatic N) is 3. The Morgan fingerprint density at radius 2 is 1.87 bits per heavy atom. The van der Waals surface area contributed by atoms with E-state index in [1.165, 1.54) is 36.4 Å². The van der Waals surface area contributed by atoms with Gasteiger partial charge in [-0.1, -0.05) is 5.16 Å². The second-order valence-corrected chi connectivity index (χ2v) is 6.72. The number of nitro groups is 1. The van der Waals surface area contributed by atoms with E-state index in [0.717, 1.165) is 4.90 Å². The predicted octanol–water partition coefficient (Wildman–Crippen LogP) is 3.58. The van der Waals surface area contributed by atoms with Crippen LogP contribution in [0, 0.1) is 24.0 Å². The average Bonchev–Trinajstić information content (AvgIpc) is 3.40. The van der Waals surface area contributed by atoms with Crippen LogP contribution in [0.25, 0.3) is 0 Å². The second-order valence-electron chi connectivity index (χ2n) is 6.72. The summed E-state index contributed by atoms with van der Waals surface area (Å²) < 4.78 is 10.4. The molecule has 0 unspecified atom stereocenters. The van der Waals surface area contributed by atoms with Crippen LogP contribution >= 0.6 is 0 Å². The Bertz CT molecular complexity index is 1200. The molecule has 30 heavy (non-hydrogen) atoms. The van der Waals surface area contributed by atoms with E-state index in [-0.39, 0.29) is 22.8 Å². The van der Waals surface area contributed by atoms with Crippen molar-refractivity contribution in [1.29, 1.82) is 0 Å². The molecule has 0 fully saturated rings. The second kappa shape index (κ2) is 6.99. The highest BCUT2D eigenvalue weighted by Gasteiger charge is 2.46. The number of carbonyl (C=O) groups is 2. The third kappa shape index (κ3) is 3.04. The number of aliphatic hydroxyl groups is 1. The van der Waals surface area contributed by atoms with Crippen LogP contribution in [0.3, 0.4) is 0 Å². The van der Waals surface area contributed by atoms with Gasteiger partial charge in [0.15, 0.2) is 17.3 Å². The van der Waals surface area contributed by atoms with E-state index in [4.69, 9.17) is 8.94 Å². The molecule has 2 aromatic heterocycles. The molecule has 0 saturated carbocycles. The molecule has 3 aromatic rings. The molecule has 1 aliphatic heterocycles. The van der Waals surface area contributed by atoms with Crippen LogP contribution in [-0.4, -0.2) is 26.9 Å². The van der Waals surface area contributed by atoms with E-state index in [0.29, 0.717) is 17.1 Å². The molecule has 0 saturated heterocycles. The third-order valence-corrected chi connectivity index (χ3v) is 4.70. The van der Waals surface area contributed by atoms with Crippen LogP contribution in [-0.2, 0) is 4.79 Å². The monoisotopic (exact) mass is 409 g/mol. The van der Waals surface area contributed by atoms with Gasteiger partial charge in [0.2, 0.25) is 5.78 Å². The summed E-state index contributed by atoms with van der Waals surface area (Å²) in [7, 11) is 0. The van der Waals surface area contributed by atoms with Gasteiger partial charge in [-0.05, 0) is 43.7 Å². The Hall–Kier alpha value is -4.21. The van der Waals surface area contributed by atoms with Gasteiger partial charge < -0.3 is 14.0 Å². The largest absolute Gasteiger partial charge is 0.503 e. The number of anilines is 1. The fraction of sp³-hybridized carbons (Fsp3) is 0.150. The molecule has 0 aliphatic carbocycles. The van der Waals surface area contributed by atoms with Crippen molar-refractivity contribution in [3.05, 3.63) is 86.8 Å². The first-order valence-corrected chi connectivity index (χ1v) is 8.83. The lowest BCUT2D eigenvalue weighted by Gasteiger charge is -2.24. The fourth-order valence-electron chi connectivity index (χ4n) is 3.32. The van der Waals surface area contributed by atoms with Crippen molar-refractivity contribution in [3.8, 4) is 0 Å². The van der Waals surface area contributed by atoms with Crippen molar-refractivity contribution >= 4 is 23.2 Å². The number of ketones is 1. The van der Waals surface area contributed by atoms with E-state index < -0.39 is 28.4 Å². The maximum atomic E-state index is 13.1. The maximum absolute atomic E-state index is 13.1. The minimum Gasteiger partial charge on any atom is -0.503 e. The first kappa shape index (κ1) is 19.1. The number of furan rings is 1. The average molecular weight is 409 g/mol. The number of rotatable bonds is 5. The topological polar surface area (TPSA) is 140 Å².